The molecule has 2 heterocycles. The fourth-order valence-electron chi connectivity index (χ4n) is 2.96. The number of nitrogens with two attached hydrogens (primary N) is 1. The summed E-state index contributed by atoms with van der Waals surface area (Å²) < 4.78 is 8.47. The minimum absolute atomic E-state index is 0.0133. The second-order valence-corrected chi connectivity index (χ2v) is 6.34. The smallest absolute Gasteiger partial charge is 0.231 e. The van der Waals surface area contributed by atoms with Gasteiger partial charge in [0.05, 0.1) is 24.2 Å². The van der Waals surface area contributed by atoms with Crippen LogP contribution in [0.4, 0.5) is 0 Å². The zero-order valence-electron chi connectivity index (χ0n) is 12.7. The van der Waals surface area contributed by atoms with Crippen molar-refractivity contribution in [2.75, 3.05) is 19.6 Å². The minimum Gasteiger partial charge on any atom is -0.369 e. The maximum Gasteiger partial charge on any atom is 0.231 e. The molecule has 8 heteroatoms. The van der Waals surface area contributed by atoms with E-state index in [4.69, 9.17) is 5.73 Å². The number of primary amides is 1. The Labute approximate surface area is 138 Å². The molecule has 1 fully saturated rings. The van der Waals surface area contributed by atoms with Crippen molar-refractivity contribution in [3.05, 3.63) is 23.8 Å². The van der Waals surface area contributed by atoms with Crippen molar-refractivity contribution in [2.24, 2.45) is 11.7 Å². The maximum absolute atomic E-state index is 12.4. The first-order valence-electron chi connectivity index (χ1n) is 7.62. The summed E-state index contributed by atoms with van der Waals surface area (Å²) in [7, 11) is 0. The Morgan fingerprint density at radius 2 is 2.26 bits per heavy atom. The van der Waals surface area contributed by atoms with Crippen LogP contribution in [-0.4, -0.2) is 45.1 Å². The summed E-state index contributed by atoms with van der Waals surface area (Å²) in [5.74, 6) is -0.441. The number of hydrogen-bond donors (Lipinski definition) is 2. The van der Waals surface area contributed by atoms with Gasteiger partial charge in [-0.15, -0.1) is 0 Å². The standard InChI is InChI=1S/C15H19N5O2S/c16-13(21)9-20-6-2-4-11(8-20)15(22)17-7-10-3-1-5-12-14(10)19-23-18-12/h1,3,5,11H,2,4,6-9H2,(H2,16,21)(H,17,22)/t11-/m0/s1. The average Bonchev–Trinajstić information content (AvgIpc) is 3.01. The van der Waals surface area contributed by atoms with E-state index in [2.05, 4.69) is 14.1 Å². The molecule has 3 N–H and O–H groups in total. The van der Waals surface area contributed by atoms with Gasteiger partial charge in [-0.3, -0.25) is 14.5 Å². The van der Waals surface area contributed by atoms with Crippen molar-refractivity contribution in [1.29, 1.82) is 0 Å². The number of nitrogens with zero attached hydrogens (tertiary/aromatic N) is 3. The number of amides is 2. The highest BCUT2D eigenvalue weighted by Crippen LogP contribution is 2.18. The first kappa shape index (κ1) is 15.8. The second-order valence-electron chi connectivity index (χ2n) is 5.81. The first-order valence-corrected chi connectivity index (χ1v) is 8.35. The Morgan fingerprint density at radius 3 is 3.09 bits per heavy atom. The van der Waals surface area contributed by atoms with Gasteiger partial charge >= 0.3 is 0 Å². The molecule has 1 aliphatic heterocycles. The number of benzene rings is 1. The van der Waals surface area contributed by atoms with E-state index in [1.54, 1.807) is 0 Å². The van der Waals surface area contributed by atoms with E-state index in [0.29, 0.717) is 13.1 Å². The largest absolute Gasteiger partial charge is 0.369 e. The third-order valence-electron chi connectivity index (χ3n) is 4.08. The lowest BCUT2D eigenvalue weighted by Crippen LogP contribution is -2.45. The van der Waals surface area contributed by atoms with Crippen LogP contribution in [0.1, 0.15) is 18.4 Å². The summed E-state index contributed by atoms with van der Waals surface area (Å²) in [6.45, 7) is 2.05. The SMILES string of the molecule is NC(=O)CN1CCC[C@H](C(=O)NCc2cccc3nsnc23)C1. The summed E-state index contributed by atoms with van der Waals surface area (Å²) in [6.07, 6.45) is 1.74. The number of piperidine rings is 1. The van der Waals surface area contributed by atoms with E-state index in [1.165, 1.54) is 11.7 Å². The van der Waals surface area contributed by atoms with Crippen LogP contribution in [0.25, 0.3) is 11.0 Å². The number of nitrogens with one attached hydrogen (secondary N) is 1. The predicted molar refractivity (Wildman–Crippen MR) is 87.6 cm³/mol. The molecule has 0 aliphatic carbocycles. The molecular weight excluding hydrogens is 314 g/mol. The summed E-state index contributed by atoms with van der Waals surface area (Å²) >= 11 is 1.17. The molecule has 1 aromatic carbocycles. The molecule has 0 radical (unpaired) electrons. The van der Waals surface area contributed by atoms with Gasteiger partial charge in [0.25, 0.3) is 0 Å². The molecule has 23 heavy (non-hydrogen) atoms. The van der Waals surface area contributed by atoms with Crippen LogP contribution in [0.5, 0.6) is 0 Å². The predicted octanol–water partition coefficient (Wildman–Crippen LogP) is 0.505. The van der Waals surface area contributed by atoms with Crippen molar-refractivity contribution in [3.8, 4) is 0 Å². The number of carbonyl (C=O) groups is 2. The van der Waals surface area contributed by atoms with Crippen molar-refractivity contribution >= 4 is 34.6 Å². The second kappa shape index (κ2) is 7.01. The molecule has 1 atom stereocenters. The molecule has 3 rings (SSSR count). The Hall–Kier alpha value is -2.06. The quantitative estimate of drug-likeness (QED) is 0.830. The van der Waals surface area contributed by atoms with Crippen molar-refractivity contribution in [1.82, 2.24) is 19.0 Å². The van der Waals surface area contributed by atoms with Crippen LogP contribution in [0.2, 0.25) is 0 Å². The minimum atomic E-state index is -0.353. The Balaban J connectivity index is 1.58. The summed E-state index contributed by atoms with van der Waals surface area (Å²) in [4.78, 5) is 25.4. The number of hydrogen-bond acceptors (Lipinski definition) is 6. The Kier molecular flexibility index (Phi) is 4.82. The molecule has 1 saturated heterocycles. The fraction of sp³-hybridized carbons (Fsp3) is 0.467. The third kappa shape index (κ3) is 3.83. The van der Waals surface area contributed by atoms with E-state index in [-0.39, 0.29) is 24.3 Å². The van der Waals surface area contributed by atoms with Crippen LogP contribution in [-0.2, 0) is 16.1 Å². The van der Waals surface area contributed by atoms with Crippen LogP contribution in [0.3, 0.4) is 0 Å². The topological polar surface area (TPSA) is 101 Å². The highest BCUT2D eigenvalue weighted by Gasteiger charge is 2.26. The molecule has 0 spiro atoms. The zero-order valence-corrected chi connectivity index (χ0v) is 13.5. The van der Waals surface area contributed by atoms with Crippen LogP contribution >= 0.6 is 11.7 Å². The fourth-order valence-corrected chi connectivity index (χ4v) is 3.53. The van der Waals surface area contributed by atoms with Crippen molar-refractivity contribution in [3.63, 3.8) is 0 Å². The average molecular weight is 333 g/mol. The summed E-state index contributed by atoms with van der Waals surface area (Å²) in [5.41, 5.74) is 7.89. The zero-order chi connectivity index (χ0) is 16.2. The van der Waals surface area contributed by atoms with Gasteiger partial charge in [-0.05, 0) is 25.5 Å². The van der Waals surface area contributed by atoms with Gasteiger partial charge in [0.1, 0.15) is 11.0 Å². The molecule has 7 nitrogen and oxygen atoms in total. The van der Waals surface area contributed by atoms with E-state index >= 15 is 0 Å². The van der Waals surface area contributed by atoms with Gasteiger partial charge in [0.15, 0.2) is 0 Å². The summed E-state index contributed by atoms with van der Waals surface area (Å²) in [5, 5.41) is 2.98. The van der Waals surface area contributed by atoms with Gasteiger partial charge in [-0.2, -0.15) is 8.75 Å². The molecule has 2 amide bonds. The van der Waals surface area contributed by atoms with Gasteiger partial charge in [0.2, 0.25) is 11.8 Å². The third-order valence-corrected chi connectivity index (χ3v) is 4.62. The number of likely N-dealkylation sites (tertiary alicyclic amines) is 1. The van der Waals surface area contributed by atoms with E-state index in [1.807, 2.05) is 23.1 Å². The maximum atomic E-state index is 12.4. The number of aromatic nitrogens is 2. The molecule has 0 unspecified atom stereocenters. The normalized spacial score (nSPS) is 18.9. The Bertz CT molecular complexity index is 717. The number of fused-ring (bicyclic) bond motifs is 1. The molecule has 2 aromatic rings. The van der Waals surface area contributed by atoms with Gasteiger partial charge in [0, 0.05) is 18.7 Å². The van der Waals surface area contributed by atoms with E-state index in [0.717, 1.165) is 36.0 Å². The first-order chi connectivity index (χ1) is 11.1. The lowest BCUT2D eigenvalue weighted by atomic mass is 9.97. The van der Waals surface area contributed by atoms with Gasteiger partial charge in [-0.25, -0.2) is 0 Å². The molecule has 1 aliphatic rings. The molecule has 122 valence electrons. The van der Waals surface area contributed by atoms with Gasteiger partial charge in [-0.1, -0.05) is 12.1 Å². The lowest BCUT2D eigenvalue weighted by Gasteiger charge is -2.30. The van der Waals surface area contributed by atoms with E-state index in [9.17, 15) is 9.59 Å². The monoisotopic (exact) mass is 333 g/mol. The van der Waals surface area contributed by atoms with Crippen LogP contribution < -0.4 is 11.1 Å². The van der Waals surface area contributed by atoms with E-state index < -0.39 is 0 Å². The number of rotatable bonds is 5. The molecule has 0 bridgehead atoms. The summed E-state index contributed by atoms with van der Waals surface area (Å²) in [6, 6.07) is 5.78. The molecular formula is C15H19N5O2S. The highest BCUT2D eigenvalue weighted by molar-refractivity contribution is 7.00. The number of carbonyl (C=O) groups excluding carboxylic acids is 2. The van der Waals surface area contributed by atoms with Crippen molar-refractivity contribution in [2.45, 2.75) is 19.4 Å². The lowest BCUT2D eigenvalue weighted by molar-refractivity contribution is -0.128. The highest BCUT2D eigenvalue weighted by atomic mass is 32.1. The van der Waals surface area contributed by atoms with Crippen LogP contribution in [0, 0.1) is 5.92 Å². The van der Waals surface area contributed by atoms with Gasteiger partial charge < -0.3 is 11.1 Å². The Morgan fingerprint density at radius 1 is 1.39 bits per heavy atom. The molecule has 0 saturated carbocycles. The van der Waals surface area contributed by atoms with Crippen molar-refractivity contribution < 1.29 is 9.59 Å². The molecule has 1 aromatic heterocycles. The van der Waals surface area contributed by atoms with Crippen LogP contribution in [0.15, 0.2) is 18.2 Å².